The van der Waals surface area contributed by atoms with E-state index in [9.17, 15) is 10.2 Å². The zero-order valence-corrected chi connectivity index (χ0v) is 9.80. The van der Waals surface area contributed by atoms with Crippen molar-refractivity contribution in [2.24, 2.45) is 5.73 Å². The third-order valence-corrected chi connectivity index (χ3v) is 3.14. The zero-order valence-electron chi connectivity index (χ0n) is 8.17. The van der Waals surface area contributed by atoms with E-state index >= 15 is 0 Å². The highest BCUT2D eigenvalue weighted by Crippen LogP contribution is 2.39. The largest absolute Gasteiger partial charge is 0.395 e. The van der Waals surface area contributed by atoms with Gasteiger partial charge >= 0.3 is 0 Å². The minimum Gasteiger partial charge on any atom is -0.395 e. The van der Waals surface area contributed by atoms with E-state index in [1.54, 1.807) is 0 Å². The molecule has 0 radical (unpaired) electrons. The highest BCUT2D eigenvalue weighted by molar-refractivity contribution is 5.85. The fraction of sp³-hybridized carbons (Fsp3) is 1.00. The molecule has 0 bridgehead atoms. The number of nitrogens with two attached hydrogens (primary N) is 1. The first-order chi connectivity index (χ1) is 6.08. The fourth-order valence-corrected chi connectivity index (χ4v) is 1.99. The highest BCUT2D eigenvalue weighted by atomic mass is 35.5. The molecule has 2 aliphatic rings. The molecular weight excluding hydrogens is 243 g/mol. The van der Waals surface area contributed by atoms with Crippen LogP contribution < -0.4 is 11.1 Å². The summed E-state index contributed by atoms with van der Waals surface area (Å²) in [7, 11) is 0. The van der Waals surface area contributed by atoms with Gasteiger partial charge in [0.25, 0.3) is 0 Å². The molecule has 5 nitrogen and oxygen atoms in total. The van der Waals surface area contributed by atoms with Crippen LogP contribution >= 0.6 is 24.8 Å². The summed E-state index contributed by atoms with van der Waals surface area (Å²) < 4.78 is 0. The Morgan fingerprint density at radius 3 is 2.07 bits per heavy atom. The van der Waals surface area contributed by atoms with E-state index in [0.29, 0.717) is 0 Å². The standard InChI is InChI=1S/C8H16N2O3.2ClH/c9-8(1-2-8)7-6(13)5(12)4(3-11)10-7;;/h4-7,10-13H,1-3,9H2;2*1H/t4-,5+,6-,7+;;/m0../s1. The second-order valence-corrected chi connectivity index (χ2v) is 4.15. The fourth-order valence-electron chi connectivity index (χ4n) is 1.99. The van der Waals surface area contributed by atoms with Gasteiger partial charge in [-0.05, 0) is 12.8 Å². The Morgan fingerprint density at radius 2 is 1.73 bits per heavy atom. The molecule has 1 saturated heterocycles. The number of aliphatic hydroxyl groups excluding tert-OH is 3. The summed E-state index contributed by atoms with van der Waals surface area (Å²) in [4.78, 5) is 0. The summed E-state index contributed by atoms with van der Waals surface area (Å²) in [6.07, 6.45) is -0.0280. The molecule has 1 aliphatic carbocycles. The van der Waals surface area contributed by atoms with Crippen molar-refractivity contribution in [1.82, 2.24) is 5.32 Å². The summed E-state index contributed by atoms with van der Waals surface area (Å²) in [6.45, 7) is -0.176. The summed E-state index contributed by atoms with van der Waals surface area (Å²) in [5.74, 6) is 0. The predicted molar refractivity (Wildman–Crippen MR) is 60.5 cm³/mol. The summed E-state index contributed by atoms with van der Waals surface area (Å²) >= 11 is 0. The first-order valence-electron chi connectivity index (χ1n) is 4.60. The van der Waals surface area contributed by atoms with Crippen molar-refractivity contribution < 1.29 is 15.3 Å². The zero-order chi connectivity index (χ0) is 9.64. The molecule has 92 valence electrons. The molecule has 1 heterocycles. The molecule has 6 N–H and O–H groups in total. The maximum Gasteiger partial charge on any atom is 0.0990 e. The molecule has 1 aliphatic heterocycles. The average Bonchev–Trinajstić information content (AvgIpc) is 2.77. The van der Waals surface area contributed by atoms with Gasteiger partial charge in [-0.15, -0.1) is 24.8 Å². The van der Waals surface area contributed by atoms with Crippen LogP contribution in [0.15, 0.2) is 0 Å². The molecule has 0 spiro atoms. The van der Waals surface area contributed by atoms with Gasteiger partial charge in [0, 0.05) is 5.54 Å². The van der Waals surface area contributed by atoms with E-state index < -0.39 is 18.2 Å². The number of aliphatic hydroxyl groups is 3. The van der Waals surface area contributed by atoms with Gasteiger partial charge in [0.15, 0.2) is 0 Å². The highest BCUT2D eigenvalue weighted by Gasteiger charge is 2.55. The number of nitrogens with one attached hydrogen (secondary N) is 1. The summed E-state index contributed by atoms with van der Waals surface area (Å²) in [5.41, 5.74) is 5.54. The van der Waals surface area contributed by atoms with Gasteiger partial charge in [-0.3, -0.25) is 0 Å². The molecule has 0 unspecified atom stereocenters. The molecule has 2 fully saturated rings. The quantitative estimate of drug-likeness (QED) is 0.411. The van der Waals surface area contributed by atoms with Gasteiger partial charge in [0.1, 0.15) is 0 Å². The Hall–Kier alpha value is 0.380. The summed E-state index contributed by atoms with van der Waals surface area (Å²) in [5, 5.41) is 31.0. The van der Waals surface area contributed by atoms with Crippen LogP contribution in [0.3, 0.4) is 0 Å². The second kappa shape index (κ2) is 5.14. The SMILES string of the molecule is Cl.Cl.NC1([C@@H]2N[C@@H](CO)[C@@H](O)[C@@H]2O)CC1. The van der Waals surface area contributed by atoms with Crippen molar-refractivity contribution >= 4 is 24.8 Å². The molecular formula is C8H18Cl2N2O3. The van der Waals surface area contributed by atoms with Gasteiger partial charge in [-0.25, -0.2) is 0 Å². The van der Waals surface area contributed by atoms with Crippen LogP contribution in [0, 0.1) is 0 Å². The van der Waals surface area contributed by atoms with Gasteiger partial charge in [0.05, 0.1) is 30.9 Å². The van der Waals surface area contributed by atoms with Crippen molar-refractivity contribution in [3.63, 3.8) is 0 Å². The van der Waals surface area contributed by atoms with E-state index in [4.69, 9.17) is 10.8 Å². The monoisotopic (exact) mass is 260 g/mol. The number of halogens is 2. The Labute approximate surface area is 101 Å². The Morgan fingerprint density at radius 1 is 1.20 bits per heavy atom. The first-order valence-corrected chi connectivity index (χ1v) is 4.60. The van der Waals surface area contributed by atoms with E-state index in [-0.39, 0.29) is 43.0 Å². The van der Waals surface area contributed by atoms with Gasteiger partial charge < -0.3 is 26.4 Å². The minimum absolute atomic E-state index is 0. The molecule has 15 heavy (non-hydrogen) atoms. The third-order valence-electron chi connectivity index (χ3n) is 3.14. The van der Waals surface area contributed by atoms with Crippen LogP contribution in [0.1, 0.15) is 12.8 Å². The lowest BCUT2D eigenvalue weighted by Crippen LogP contribution is -2.50. The van der Waals surface area contributed by atoms with Gasteiger partial charge in [-0.1, -0.05) is 0 Å². The first kappa shape index (κ1) is 15.4. The lowest BCUT2D eigenvalue weighted by atomic mass is 10.0. The summed E-state index contributed by atoms with van der Waals surface area (Å²) in [6, 6.07) is -0.722. The second-order valence-electron chi connectivity index (χ2n) is 4.15. The third kappa shape index (κ3) is 2.55. The maximum atomic E-state index is 9.63. The van der Waals surface area contributed by atoms with Crippen LogP contribution in [-0.2, 0) is 0 Å². The van der Waals surface area contributed by atoms with Crippen molar-refractivity contribution in [2.75, 3.05) is 6.61 Å². The van der Waals surface area contributed by atoms with Crippen LogP contribution in [0.4, 0.5) is 0 Å². The Balaban J connectivity index is 0.000000980. The minimum atomic E-state index is -0.906. The average molecular weight is 261 g/mol. The number of hydrogen-bond donors (Lipinski definition) is 5. The van der Waals surface area contributed by atoms with Crippen molar-refractivity contribution in [1.29, 1.82) is 0 Å². The van der Waals surface area contributed by atoms with Gasteiger partial charge in [-0.2, -0.15) is 0 Å². The van der Waals surface area contributed by atoms with Crippen molar-refractivity contribution in [3.8, 4) is 0 Å². The molecule has 0 aromatic heterocycles. The molecule has 7 heteroatoms. The lowest BCUT2D eigenvalue weighted by Gasteiger charge is -2.22. The van der Waals surface area contributed by atoms with Crippen molar-refractivity contribution in [2.45, 2.75) is 42.7 Å². The van der Waals surface area contributed by atoms with Crippen molar-refractivity contribution in [3.05, 3.63) is 0 Å². The van der Waals surface area contributed by atoms with Crippen LogP contribution in [0.2, 0.25) is 0 Å². The topological polar surface area (TPSA) is 98.7 Å². The maximum absolute atomic E-state index is 9.63. The Bertz CT molecular complexity index is 216. The van der Waals surface area contributed by atoms with Crippen LogP contribution in [0.5, 0.6) is 0 Å². The van der Waals surface area contributed by atoms with Crippen LogP contribution in [0.25, 0.3) is 0 Å². The molecule has 0 amide bonds. The number of hydrogen-bond acceptors (Lipinski definition) is 5. The van der Waals surface area contributed by atoms with E-state index in [0.717, 1.165) is 12.8 Å². The number of rotatable bonds is 2. The van der Waals surface area contributed by atoms with Gasteiger partial charge in [0.2, 0.25) is 0 Å². The smallest absolute Gasteiger partial charge is 0.0990 e. The molecule has 0 aromatic rings. The molecule has 2 rings (SSSR count). The van der Waals surface area contributed by atoms with E-state index in [1.165, 1.54) is 0 Å². The van der Waals surface area contributed by atoms with E-state index in [1.807, 2.05) is 0 Å². The molecule has 0 aromatic carbocycles. The lowest BCUT2D eigenvalue weighted by molar-refractivity contribution is 0.0158. The molecule has 4 atom stereocenters. The molecule has 1 saturated carbocycles. The normalized spacial score (nSPS) is 41.6. The Kier molecular flexibility index (Phi) is 5.27. The van der Waals surface area contributed by atoms with Crippen LogP contribution in [-0.4, -0.2) is 51.8 Å². The van der Waals surface area contributed by atoms with E-state index in [2.05, 4.69) is 5.32 Å². The predicted octanol–water partition coefficient (Wildman–Crippen LogP) is -1.62.